The molecule has 1 amide bonds. The van der Waals surface area contributed by atoms with Gasteiger partial charge in [-0.15, -0.1) is 0 Å². The minimum Gasteiger partial charge on any atom is -0.480 e. The van der Waals surface area contributed by atoms with Crippen molar-refractivity contribution in [2.45, 2.75) is 24.8 Å². The number of carboxylic acid groups (broad SMARTS) is 1. The fraction of sp³-hybridized carbons (Fsp3) is 0.267. The van der Waals surface area contributed by atoms with Gasteiger partial charge in [0, 0.05) is 5.56 Å². The number of aliphatic carboxylic acids is 1. The van der Waals surface area contributed by atoms with Gasteiger partial charge in [0.05, 0.1) is 0 Å². The molecule has 0 radical (unpaired) electrons. The van der Waals surface area contributed by atoms with E-state index in [4.69, 9.17) is 4.42 Å². The van der Waals surface area contributed by atoms with Crippen molar-refractivity contribution in [2.75, 3.05) is 0 Å². The van der Waals surface area contributed by atoms with E-state index in [0.717, 1.165) is 12.0 Å². The molecule has 0 bridgehead atoms. The monoisotopic (exact) mass is 286 g/mol. The first-order valence-corrected chi connectivity index (χ1v) is 6.68. The number of oxazole rings is 1. The van der Waals surface area contributed by atoms with Crippen LogP contribution in [0.3, 0.4) is 0 Å². The topological polar surface area (TPSA) is 92.4 Å². The van der Waals surface area contributed by atoms with Gasteiger partial charge in [0.2, 0.25) is 5.89 Å². The van der Waals surface area contributed by atoms with Crippen molar-refractivity contribution in [1.29, 1.82) is 0 Å². The number of nitrogens with zero attached hydrogens (tertiary/aromatic N) is 1. The SMILES string of the molecule is O=C(NC1(C(=O)O)CCC1)c1coc(-c2ccccc2)n1. The van der Waals surface area contributed by atoms with Gasteiger partial charge in [-0.1, -0.05) is 18.2 Å². The summed E-state index contributed by atoms with van der Waals surface area (Å²) in [5.41, 5.74) is -0.308. The molecular weight excluding hydrogens is 272 g/mol. The van der Waals surface area contributed by atoms with Gasteiger partial charge in [0.1, 0.15) is 11.8 Å². The summed E-state index contributed by atoms with van der Waals surface area (Å²) < 4.78 is 5.28. The number of amides is 1. The van der Waals surface area contributed by atoms with E-state index in [-0.39, 0.29) is 5.69 Å². The van der Waals surface area contributed by atoms with Gasteiger partial charge in [0.25, 0.3) is 5.91 Å². The second-order valence-corrected chi connectivity index (χ2v) is 5.10. The van der Waals surface area contributed by atoms with E-state index < -0.39 is 17.4 Å². The average Bonchev–Trinajstić information content (AvgIpc) is 2.93. The van der Waals surface area contributed by atoms with E-state index in [9.17, 15) is 14.7 Å². The van der Waals surface area contributed by atoms with E-state index in [0.29, 0.717) is 18.7 Å². The summed E-state index contributed by atoms with van der Waals surface area (Å²) in [5.74, 6) is -1.20. The summed E-state index contributed by atoms with van der Waals surface area (Å²) in [4.78, 5) is 27.5. The molecular formula is C15H14N2O4. The minimum absolute atomic E-state index is 0.0846. The molecule has 1 aliphatic carbocycles. The van der Waals surface area contributed by atoms with Crippen molar-refractivity contribution in [3.05, 3.63) is 42.3 Å². The third-order valence-electron chi connectivity index (χ3n) is 3.73. The third-order valence-corrected chi connectivity index (χ3v) is 3.73. The Balaban J connectivity index is 1.77. The molecule has 2 N–H and O–H groups in total. The largest absolute Gasteiger partial charge is 0.480 e. The van der Waals surface area contributed by atoms with Crippen LogP contribution in [0.1, 0.15) is 29.8 Å². The molecule has 0 spiro atoms. The third kappa shape index (κ3) is 2.40. The molecule has 1 aromatic heterocycles. The van der Waals surface area contributed by atoms with Gasteiger partial charge < -0.3 is 14.8 Å². The summed E-state index contributed by atoms with van der Waals surface area (Å²) >= 11 is 0. The molecule has 2 aromatic rings. The number of carbonyl (C=O) groups is 2. The molecule has 1 heterocycles. The van der Waals surface area contributed by atoms with Gasteiger partial charge in [-0.3, -0.25) is 4.79 Å². The van der Waals surface area contributed by atoms with Crippen LogP contribution < -0.4 is 5.32 Å². The Hall–Kier alpha value is -2.63. The zero-order valence-corrected chi connectivity index (χ0v) is 11.2. The van der Waals surface area contributed by atoms with E-state index in [2.05, 4.69) is 10.3 Å². The van der Waals surface area contributed by atoms with Crippen molar-refractivity contribution in [3.63, 3.8) is 0 Å². The highest BCUT2D eigenvalue weighted by Crippen LogP contribution is 2.32. The Kier molecular flexibility index (Phi) is 3.21. The van der Waals surface area contributed by atoms with Crippen LogP contribution in [0.25, 0.3) is 11.5 Å². The maximum atomic E-state index is 12.1. The van der Waals surface area contributed by atoms with Gasteiger partial charge in [-0.25, -0.2) is 9.78 Å². The lowest BCUT2D eigenvalue weighted by atomic mass is 9.76. The summed E-state index contributed by atoms with van der Waals surface area (Å²) in [6.07, 6.45) is 2.92. The molecule has 0 unspecified atom stereocenters. The quantitative estimate of drug-likeness (QED) is 0.897. The van der Waals surface area contributed by atoms with Gasteiger partial charge in [0.15, 0.2) is 5.69 Å². The maximum absolute atomic E-state index is 12.1. The van der Waals surface area contributed by atoms with Crippen molar-refractivity contribution >= 4 is 11.9 Å². The van der Waals surface area contributed by atoms with Crippen LogP contribution in [0, 0.1) is 0 Å². The smallest absolute Gasteiger partial charge is 0.329 e. The summed E-state index contributed by atoms with van der Waals surface area (Å²) in [7, 11) is 0. The molecule has 3 rings (SSSR count). The molecule has 108 valence electrons. The van der Waals surface area contributed by atoms with Gasteiger partial charge >= 0.3 is 5.97 Å². The molecule has 1 fully saturated rings. The second kappa shape index (κ2) is 5.05. The Morgan fingerprint density at radius 1 is 1.24 bits per heavy atom. The molecule has 6 heteroatoms. The van der Waals surface area contributed by atoms with E-state index in [1.54, 1.807) is 0 Å². The molecule has 0 aliphatic heterocycles. The lowest BCUT2D eigenvalue weighted by molar-refractivity contribution is -0.148. The zero-order chi connectivity index (χ0) is 14.9. The van der Waals surface area contributed by atoms with Gasteiger partial charge in [-0.2, -0.15) is 0 Å². The predicted molar refractivity (Wildman–Crippen MR) is 73.6 cm³/mol. The van der Waals surface area contributed by atoms with Crippen LogP contribution in [-0.4, -0.2) is 27.5 Å². The lowest BCUT2D eigenvalue weighted by Gasteiger charge is -2.37. The first kappa shape index (κ1) is 13.4. The molecule has 0 atom stereocenters. The first-order valence-electron chi connectivity index (χ1n) is 6.68. The number of carbonyl (C=O) groups excluding carboxylic acids is 1. The van der Waals surface area contributed by atoms with Crippen molar-refractivity contribution < 1.29 is 19.1 Å². The number of rotatable bonds is 4. The number of aromatic nitrogens is 1. The van der Waals surface area contributed by atoms with Crippen LogP contribution in [0.4, 0.5) is 0 Å². The molecule has 1 aromatic carbocycles. The molecule has 1 aliphatic rings. The Bertz CT molecular complexity index is 674. The van der Waals surface area contributed by atoms with E-state index in [1.807, 2.05) is 30.3 Å². The number of benzene rings is 1. The molecule has 21 heavy (non-hydrogen) atoms. The Morgan fingerprint density at radius 2 is 1.95 bits per heavy atom. The predicted octanol–water partition coefficient (Wildman–Crippen LogP) is 2.08. The second-order valence-electron chi connectivity index (χ2n) is 5.10. The highest BCUT2D eigenvalue weighted by atomic mass is 16.4. The maximum Gasteiger partial charge on any atom is 0.329 e. The van der Waals surface area contributed by atoms with Crippen LogP contribution >= 0.6 is 0 Å². The molecule has 1 saturated carbocycles. The van der Waals surface area contributed by atoms with Crippen LogP contribution in [0.5, 0.6) is 0 Å². The van der Waals surface area contributed by atoms with Crippen LogP contribution in [0.2, 0.25) is 0 Å². The minimum atomic E-state index is -1.15. The number of hydrogen-bond donors (Lipinski definition) is 2. The fourth-order valence-corrected chi connectivity index (χ4v) is 2.30. The highest BCUT2D eigenvalue weighted by Gasteiger charge is 2.46. The van der Waals surface area contributed by atoms with E-state index in [1.165, 1.54) is 6.26 Å². The standard InChI is InChI=1S/C15H14N2O4/c18-12(17-15(14(19)20)7-4-8-15)11-9-21-13(16-11)10-5-2-1-3-6-10/h1-3,5-6,9H,4,7-8H2,(H,17,18)(H,19,20). The Labute approximate surface area is 120 Å². The summed E-state index contributed by atoms with van der Waals surface area (Å²) in [6.45, 7) is 0. The first-order chi connectivity index (χ1) is 10.1. The zero-order valence-electron chi connectivity index (χ0n) is 11.2. The van der Waals surface area contributed by atoms with Crippen molar-refractivity contribution in [1.82, 2.24) is 10.3 Å². The van der Waals surface area contributed by atoms with Crippen LogP contribution in [-0.2, 0) is 4.79 Å². The number of carboxylic acids is 1. The van der Waals surface area contributed by atoms with Crippen molar-refractivity contribution in [2.24, 2.45) is 0 Å². The van der Waals surface area contributed by atoms with Gasteiger partial charge in [-0.05, 0) is 31.4 Å². The fourth-order valence-electron chi connectivity index (χ4n) is 2.30. The number of hydrogen-bond acceptors (Lipinski definition) is 4. The molecule has 6 nitrogen and oxygen atoms in total. The number of nitrogens with one attached hydrogen (secondary N) is 1. The average molecular weight is 286 g/mol. The lowest BCUT2D eigenvalue weighted by Crippen LogP contribution is -2.59. The van der Waals surface area contributed by atoms with Crippen molar-refractivity contribution in [3.8, 4) is 11.5 Å². The highest BCUT2D eigenvalue weighted by molar-refractivity contribution is 5.96. The summed E-state index contributed by atoms with van der Waals surface area (Å²) in [6, 6.07) is 9.18. The van der Waals surface area contributed by atoms with E-state index >= 15 is 0 Å². The molecule has 0 saturated heterocycles. The van der Waals surface area contributed by atoms with Crippen LogP contribution in [0.15, 0.2) is 41.0 Å². The summed E-state index contributed by atoms with van der Waals surface area (Å²) in [5, 5.41) is 11.8. The Morgan fingerprint density at radius 3 is 2.52 bits per heavy atom. The normalized spacial score (nSPS) is 16.0.